The van der Waals surface area contributed by atoms with Gasteiger partial charge in [0.25, 0.3) is 11.4 Å². The normalized spacial score (nSPS) is 15.2. The van der Waals surface area contributed by atoms with E-state index in [2.05, 4.69) is 20.2 Å². The predicted octanol–water partition coefficient (Wildman–Crippen LogP) is 5.18. The number of rotatable bonds is 3. The van der Waals surface area contributed by atoms with E-state index in [0.717, 1.165) is 12.1 Å². The highest BCUT2D eigenvalue weighted by atomic mass is 19.4. The Hall–Kier alpha value is -4.16. The van der Waals surface area contributed by atoms with Crippen LogP contribution in [-0.4, -0.2) is 54.4 Å². The highest BCUT2D eigenvalue weighted by molar-refractivity contribution is 5.73. The van der Waals surface area contributed by atoms with Crippen molar-refractivity contribution in [1.82, 2.24) is 29.6 Å². The van der Waals surface area contributed by atoms with Crippen molar-refractivity contribution in [2.24, 2.45) is 0 Å². The molecule has 0 bridgehead atoms. The average molecular weight is 545 g/mol. The lowest BCUT2D eigenvalue weighted by molar-refractivity contribution is -0.137. The summed E-state index contributed by atoms with van der Waals surface area (Å²) in [5.41, 5.74) is 0.449. The Kier molecular flexibility index (Phi) is 6.47. The molecule has 0 unspecified atom stereocenters. The first-order chi connectivity index (χ1) is 18.3. The molecule has 1 N–H and O–H groups in total. The monoisotopic (exact) mass is 544 g/mol. The Morgan fingerprint density at radius 2 is 1.85 bits per heavy atom. The molecule has 1 amide bonds. The van der Waals surface area contributed by atoms with Crippen molar-refractivity contribution in [2.75, 3.05) is 13.1 Å². The number of hydrogen-bond acceptors (Lipinski definition) is 7. The molecule has 1 aromatic carbocycles. The summed E-state index contributed by atoms with van der Waals surface area (Å²) in [5, 5.41) is 8.38. The summed E-state index contributed by atoms with van der Waals surface area (Å²) in [4.78, 5) is 33.8. The van der Waals surface area contributed by atoms with Crippen LogP contribution in [0.25, 0.3) is 28.5 Å². The molecule has 206 valence electrons. The van der Waals surface area contributed by atoms with Crippen LogP contribution in [0.5, 0.6) is 0 Å². The molecule has 1 saturated heterocycles. The summed E-state index contributed by atoms with van der Waals surface area (Å²) in [6, 6.07) is 4.78. The molecular weight excluding hydrogens is 517 g/mol. The van der Waals surface area contributed by atoms with Gasteiger partial charge >= 0.3 is 12.3 Å². The van der Waals surface area contributed by atoms with Crippen molar-refractivity contribution in [2.45, 2.75) is 58.2 Å². The minimum atomic E-state index is -4.46. The second-order valence-electron chi connectivity index (χ2n) is 10.6. The largest absolute Gasteiger partial charge is 0.444 e. The Labute approximate surface area is 220 Å². The second-order valence-corrected chi connectivity index (χ2v) is 10.6. The smallest absolute Gasteiger partial charge is 0.416 e. The Bertz CT molecular complexity index is 1590. The summed E-state index contributed by atoms with van der Waals surface area (Å²) < 4.78 is 51.6. The summed E-state index contributed by atoms with van der Waals surface area (Å²) in [5.74, 6) is 0.143. The number of nitrogens with zero attached hydrogens (tertiary/aromatic N) is 5. The Morgan fingerprint density at radius 3 is 2.49 bits per heavy atom. The van der Waals surface area contributed by atoms with Crippen LogP contribution in [0, 0.1) is 6.92 Å². The third kappa shape index (κ3) is 5.38. The molecule has 10 nitrogen and oxygen atoms in total. The van der Waals surface area contributed by atoms with Crippen molar-refractivity contribution < 1.29 is 27.2 Å². The number of alkyl halides is 3. The number of nitrogens with one attached hydrogen (secondary N) is 1. The van der Waals surface area contributed by atoms with E-state index in [1.54, 1.807) is 9.42 Å². The average Bonchev–Trinajstić information content (AvgIpc) is 3.49. The summed E-state index contributed by atoms with van der Waals surface area (Å²) >= 11 is 0. The molecule has 3 aromatic heterocycles. The fourth-order valence-electron chi connectivity index (χ4n) is 4.68. The lowest BCUT2D eigenvalue weighted by Crippen LogP contribution is -2.41. The first-order valence-electron chi connectivity index (χ1n) is 12.4. The summed E-state index contributed by atoms with van der Waals surface area (Å²) in [7, 11) is 0. The highest BCUT2D eigenvalue weighted by Crippen LogP contribution is 2.34. The molecule has 0 aliphatic carbocycles. The van der Waals surface area contributed by atoms with Crippen LogP contribution in [0.3, 0.4) is 0 Å². The first kappa shape index (κ1) is 26.4. The zero-order valence-corrected chi connectivity index (χ0v) is 21.8. The number of benzene rings is 1. The van der Waals surface area contributed by atoms with Gasteiger partial charge in [-0.2, -0.15) is 23.3 Å². The fourth-order valence-corrected chi connectivity index (χ4v) is 4.68. The number of aromatic amines is 1. The van der Waals surface area contributed by atoms with E-state index in [1.807, 2.05) is 20.8 Å². The Morgan fingerprint density at radius 1 is 1.13 bits per heavy atom. The van der Waals surface area contributed by atoms with Crippen LogP contribution >= 0.6 is 0 Å². The van der Waals surface area contributed by atoms with Gasteiger partial charge in [-0.15, -0.1) is 0 Å². The number of piperidine rings is 1. The van der Waals surface area contributed by atoms with Crippen molar-refractivity contribution in [3.8, 4) is 22.8 Å². The van der Waals surface area contributed by atoms with Crippen molar-refractivity contribution in [1.29, 1.82) is 0 Å². The lowest BCUT2D eigenvalue weighted by Gasteiger charge is -2.33. The zero-order valence-electron chi connectivity index (χ0n) is 21.8. The molecule has 1 aliphatic heterocycles. The third-order valence-corrected chi connectivity index (χ3v) is 6.55. The topological polar surface area (TPSA) is 119 Å². The number of halogens is 3. The molecule has 0 saturated carbocycles. The summed E-state index contributed by atoms with van der Waals surface area (Å²) in [6.07, 6.45) is -2.11. The molecule has 0 radical (unpaired) electrons. The van der Waals surface area contributed by atoms with Gasteiger partial charge in [0, 0.05) is 30.6 Å². The van der Waals surface area contributed by atoms with Crippen molar-refractivity contribution in [3.05, 3.63) is 57.6 Å². The van der Waals surface area contributed by atoms with Crippen LogP contribution < -0.4 is 5.56 Å². The standard InChI is InChI=1S/C26H27F3N6O4/c1-14-11-16(26(27,28)29)5-6-17(14)21-32-23(39-33-21)18-13-30-35-19(12-20(36)31-22(18)35)15-7-9-34(10-8-15)24(37)38-25(2,3)4/h5-6,11-13,15H,7-10H2,1-4H3,(H,31,36). The van der Waals surface area contributed by atoms with Gasteiger partial charge in [0.1, 0.15) is 16.8 Å². The molecule has 4 aromatic rings. The minimum absolute atomic E-state index is 0.0331. The first-order valence-corrected chi connectivity index (χ1v) is 12.4. The maximum atomic E-state index is 13.0. The Balaban J connectivity index is 1.41. The van der Waals surface area contributed by atoms with Gasteiger partial charge in [-0.05, 0) is 58.2 Å². The molecular formula is C26H27F3N6O4. The molecule has 0 spiro atoms. The molecule has 0 atom stereocenters. The van der Waals surface area contributed by atoms with E-state index < -0.39 is 17.3 Å². The minimum Gasteiger partial charge on any atom is -0.444 e. The van der Waals surface area contributed by atoms with Gasteiger partial charge in [-0.3, -0.25) is 4.79 Å². The van der Waals surface area contributed by atoms with Gasteiger partial charge in [0.2, 0.25) is 5.82 Å². The molecule has 39 heavy (non-hydrogen) atoms. The molecule has 13 heteroatoms. The van der Waals surface area contributed by atoms with E-state index >= 15 is 0 Å². The van der Waals surface area contributed by atoms with Crippen LogP contribution in [0.1, 0.15) is 56.4 Å². The van der Waals surface area contributed by atoms with E-state index in [9.17, 15) is 22.8 Å². The fraction of sp³-hybridized carbons (Fsp3) is 0.423. The second kappa shape index (κ2) is 9.54. The van der Waals surface area contributed by atoms with E-state index in [1.165, 1.54) is 25.3 Å². The van der Waals surface area contributed by atoms with Crippen LogP contribution in [0.15, 0.2) is 39.8 Å². The van der Waals surface area contributed by atoms with Crippen LogP contribution in [0.4, 0.5) is 18.0 Å². The number of carbonyl (C=O) groups is 1. The summed E-state index contributed by atoms with van der Waals surface area (Å²) in [6.45, 7) is 7.93. The number of amides is 1. The van der Waals surface area contributed by atoms with Crippen LogP contribution in [-0.2, 0) is 10.9 Å². The number of hydrogen-bond donors (Lipinski definition) is 1. The molecule has 4 heterocycles. The number of fused-ring (bicyclic) bond motifs is 1. The van der Waals surface area contributed by atoms with Gasteiger partial charge in [0.05, 0.1) is 17.5 Å². The number of likely N-dealkylation sites (tertiary alicyclic amines) is 1. The lowest BCUT2D eigenvalue weighted by atomic mass is 9.93. The number of carbonyl (C=O) groups excluding carboxylic acids is 1. The van der Waals surface area contributed by atoms with E-state index in [0.29, 0.717) is 54.0 Å². The maximum Gasteiger partial charge on any atom is 0.416 e. The third-order valence-electron chi connectivity index (χ3n) is 6.55. The van der Waals surface area contributed by atoms with Crippen molar-refractivity contribution in [3.63, 3.8) is 0 Å². The van der Waals surface area contributed by atoms with E-state index in [-0.39, 0.29) is 29.3 Å². The van der Waals surface area contributed by atoms with Gasteiger partial charge in [0.15, 0.2) is 0 Å². The maximum absolute atomic E-state index is 13.0. The van der Waals surface area contributed by atoms with Gasteiger partial charge in [-0.1, -0.05) is 11.2 Å². The number of aryl methyl sites for hydroxylation is 1. The van der Waals surface area contributed by atoms with E-state index in [4.69, 9.17) is 9.26 Å². The number of aromatic nitrogens is 5. The van der Waals surface area contributed by atoms with Gasteiger partial charge < -0.3 is 19.1 Å². The molecule has 1 aliphatic rings. The molecule has 1 fully saturated rings. The quantitative estimate of drug-likeness (QED) is 0.377. The van der Waals surface area contributed by atoms with Crippen molar-refractivity contribution >= 4 is 11.7 Å². The van der Waals surface area contributed by atoms with Gasteiger partial charge in [-0.25, -0.2) is 9.31 Å². The number of ether oxygens (including phenoxy) is 1. The predicted molar refractivity (Wildman–Crippen MR) is 134 cm³/mol. The zero-order chi connectivity index (χ0) is 28.1. The number of H-pyrrole nitrogens is 1. The highest BCUT2D eigenvalue weighted by Gasteiger charge is 2.32. The van der Waals surface area contributed by atoms with Crippen LogP contribution in [0.2, 0.25) is 0 Å². The SMILES string of the molecule is Cc1cc(C(F)(F)F)ccc1-c1noc(-c2cnn3c(C4CCN(C(=O)OC(C)(C)C)CC4)cc(=O)[nH]c23)n1. The molecule has 5 rings (SSSR count).